The average Bonchev–Trinajstić information content (AvgIpc) is 3.01. The van der Waals surface area contributed by atoms with E-state index >= 15 is 0 Å². The zero-order chi connectivity index (χ0) is 17.6. The van der Waals surface area contributed by atoms with Gasteiger partial charge in [0.15, 0.2) is 0 Å². The summed E-state index contributed by atoms with van der Waals surface area (Å²) in [7, 11) is 2.10. The summed E-state index contributed by atoms with van der Waals surface area (Å²) in [6, 6.07) is 12.1. The Morgan fingerprint density at radius 3 is 2.62 bits per heavy atom. The van der Waals surface area contributed by atoms with Crippen molar-refractivity contribution in [3.05, 3.63) is 63.1 Å². The van der Waals surface area contributed by atoms with Crippen LogP contribution in [0.5, 0.6) is 0 Å². The summed E-state index contributed by atoms with van der Waals surface area (Å²) in [4.78, 5) is 16.5. The number of para-hydroxylation sites is 1. The first kappa shape index (κ1) is 19.5. The van der Waals surface area contributed by atoms with Crippen LogP contribution in [-0.2, 0) is 11.3 Å². The van der Waals surface area contributed by atoms with Crippen LogP contribution in [0.1, 0.15) is 35.4 Å². The highest BCUT2D eigenvalue weighted by atomic mass is 35.5. The number of carbonyl (C=O) groups is 1. The molecule has 0 aliphatic carbocycles. The Bertz CT molecular complexity index is 840. The normalized spacial score (nSPS) is 20.0. The summed E-state index contributed by atoms with van der Waals surface area (Å²) in [5, 5.41) is 1.38. The number of hydrogen-bond acceptors (Lipinski definition) is 2. The van der Waals surface area contributed by atoms with Crippen molar-refractivity contribution in [1.29, 1.82) is 0 Å². The molecule has 2 aromatic rings. The standard InChI is InChI=1S/C20H20Cl2N2O.ClH/c1-23-11-16(15-9-13(21)10-18(22)17(15)12-23)14-5-2-3-6-19(14)24-8-4-7-20(24)25;/h2-3,5-6,9-10,16H,4,7-8,11-12H2,1H3;1H. The quantitative estimate of drug-likeness (QED) is 0.685. The fraction of sp³-hybridized carbons (Fsp3) is 0.350. The largest absolute Gasteiger partial charge is 0.312 e. The van der Waals surface area contributed by atoms with Crippen LogP contribution in [0, 0.1) is 0 Å². The van der Waals surface area contributed by atoms with Gasteiger partial charge in [0.05, 0.1) is 0 Å². The molecule has 0 N–H and O–H groups in total. The number of carbonyl (C=O) groups excluding carboxylic acids is 1. The summed E-state index contributed by atoms with van der Waals surface area (Å²) in [6.07, 6.45) is 1.55. The summed E-state index contributed by atoms with van der Waals surface area (Å²) in [6.45, 7) is 2.48. The Balaban J connectivity index is 0.00000196. The summed E-state index contributed by atoms with van der Waals surface area (Å²) in [5.74, 6) is 0.357. The van der Waals surface area contributed by atoms with Gasteiger partial charge in [0.1, 0.15) is 0 Å². The highest BCUT2D eigenvalue weighted by Crippen LogP contribution is 2.41. The molecule has 1 unspecified atom stereocenters. The molecule has 2 aliphatic rings. The maximum absolute atomic E-state index is 12.3. The number of benzene rings is 2. The molecule has 1 amide bonds. The lowest BCUT2D eigenvalue weighted by molar-refractivity contribution is -0.117. The van der Waals surface area contributed by atoms with Gasteiger partial charge in [0, 0.05) is 47.7 Å². The molecular formula is C20H21Cl3N2O. The van der Waals surface area contributed by atoms with Crippen molar-refractivity contribution in [2.75, 3.05) is 25.0 Å². The molecule has 138 valence electrons. The Labute approximate surface area is 170 Å². The fourth-order valence-electron chi connectivity index (χ4n) is 4.04. The van der Waals surface area contributed by atoms with Gasteiger partial charge >= 0.3 is 0 Å². The van der Waals surface area contributed by atoms with Gasteiger partial charge in [-0.05, 0) is 48.4 Å². The lowest BCUT2D eigenvalue weighted by atomic mass is 9.83. The average molecular weight is 412 g/mol. The Morgan fingerprint density at radius 1 is 1.12 bits per heavy atom. The van der Waals surface area contributed by atoms with Crippen LogP contribution in [0.3, 0.4) is 0 Å². The van der Waals surface area contributed by atoms with E-state index in [1.54, 1.807) is 0 Å². The van der Waals surface area contributed by atoms with Gasteiger partial charge in [-0.1, -0.05) is 41.4 Å². The minimum absolute atomic E-state index is 0. The van der Waals surface area contributed by atoms with Gasteiger partial charge in [0.2, 0.25) is 5.91 Å². The molecule has 4 rings (SSSR count). The Morgan fingerprint density at radius 2 is 1.88 bits per heavy atom. The summed E-state index contributed by atoms with van der Waals surface area (Å²) >= 11 is 12.8. The van der Waals surface area contributed by atoms with Gasteiger partial charge in [-0.3, -0.25) is 4.79 Å². The number of nitrogens with zero attached hydrogens (tertiary/aromatic N) is 2. The Kier molecular flexibility index (Phi) is 5.83. The van der Waals surface area contributed by atoms with Crippen molar-refractivity contribution >= 4 is 47.2 Å². The SMILES string of the molecule is CN1Cc2c(Cl)cc(Cl)cc2C(c2ccccc2N2CCCC2=O)C1.Cl. The van der Waals surface area contributed by atoms with Crippen molar-refractivity contribution in [2.45, 2.75) is 25.3 Å². The molecule has 6 heteroatoms. The van der Waals surface area contributed by atoms with E-state index in [9.17, 15) is 4.79 Å². The topological polar surface area (TPSA) is 23.6 Å². The molecule has 2 aliphatic heterocycles. The molecular weight excluding hydrogens is 391 g/mol. The van der Waals surface area contributed by atoms with Crippen molar-refractivity contribution in [1.82, 2.24) is 4.90 Å². The van der Waals surface area contributed by atoms with Gasteiger partial charge in [0.25, 0.3) is 0 Å². The third-order valence-electron chi connectivity index (χ3n) is 5.17. The predicted molar refractivity (Wildman–Crippen MR) is 110 cm³/mol. The second-order valence-electron chi connectivity index (χ2n) is 6.91. The molecule has 0 aromatic heterocycles. The first-order valence-corrected chi connectivity index (χ1v) is 9.36. The molecule has 3 nitrogen and oxygen atoms in total. The van der Waals surface area contributed by atoms with E-state index in [-0.39, 0.29) is 24.2 Å². The number of amides is 1. The monoisotopic (exact) mass is 410 g/mol. The zero-order valence-corrected chi connectivity index (χ0v) is 16.9. The molecule has 0 spiro atoms. The maximum Gasteiger partial charge on any atom is 0.227 e. The van der Waals surface area contributed by atoms with Crippen molar-refractivity contribution < 1.29 is 4.79 Å². The predicted octanol–water partition coefficient (Wildman–Crippen LogP) is 5.12. The zero-order valence-electron chi connectivity index (χ0n) is 14.5. The minimum Gasteiger partial charge on any atom is -0.312 e. The molecule has 2 aromatic carbocycles. The lowest BCUT2D eigenvalue weighted by Crippen LogP contribution is -2.33. The third-order valence-corrected chi connectivity index (χ3v) is 5.72. The first-order valence-electron chi connectivity index (χ1n) is 8.60. The highest BCUT2D eigenvalue weighted by Gasteiger charge is 2.31. The van der Waals surface area contributed by atoms with E-state index in [4.69, 9.17) is 23.2 Å². The Hall–Kier alpha value is -1.26. The van der Waals surface area contributed by atoms with Crippen molar-refractivity contribution in [3.8, 4) is 0 Å². The number of rotatable bonds is 2. The van der Waals surface area contributed by atoms with E-state index in [0.29, 0.717) is 16.5 Å². The summed E-state index contributed by atoms with van der Waals surface area (Å²) in [5.41, 5.74) is 4.50. The maximum atomic E-state index is 12.3. The molecule has 1 atom stereocenters. The molecule has 1 fully saturated rings. The number of fused-ring (bicyclic) bond motifs is 1. The van der Waals surface area contributed by atoms with Crippen LogP contribution in [0.25, 0.3) is 0 Å². The molecule has 1 saturated heterocycles. The second-order valence-corrected chi connectivity index (χ2v) is 7.76. The molecule has 26 heavy (non-hydrogen) atoms. The van der Waals surface area contributed by atoms with Crippen LogP contribution in [-0.4, -0.2) is 30.9 Å². The van der Waals surface area contributed by atoms with E-state index in [1.165, 1.54) is 11.1 Å². The van der Waals surface area contributed by atoms with Crippen LogP contribution in [0.15, 0.2) is 36.4 Å². The van der Waals surface area contributed by atoms with Gasteiger partial charge < -0.3 is 9.80 Å². The summed E-state index contributed by atoms with van der Waals surface area (Å²) < 4.78 is 0. The smallest absolute Gasteiger partial charge is 0.227 e. The number of halogens is 3. The van der Waals surface area contributed by atoms with Crippen LogP contribution in [0.2, 0.25) is 10.0 Å². The van der Waals surface area contributed by atoms with E-state index in [2.05, 4.69) is 24.1 Å². The first-order chi connectivity index (χ1) is 12.0. The van der Waals surface area contributed by atoms with Gasteiger partial charge in [-0.2, -0.15) is 0 Å². The molecule has 0 bridgehead atoms. The van der Waals surface area contributed by atoms with Crippen LogP contribution < -0.4 is 4.90 Å². The van der Waals surface area contributed by atoms with Crippen molar-refractivity contribution in [3.63, 3.8) is 0 Å². The second kappa shape index (κ2) is 7.77. The number of anilines is 1. The third kappa shape index (κ3) is 3.46. The van der Waals surface area contributed by atoms with Crippen LogP contribution >= 0.6 is 35.6 Å². The molecule has 2 heterocycles. The van der Waals surface area contributed by atoms with Gasteiger partial charge in [-0.25, -0.2) is 0 Å². The fourth-order valence-corrected chi connectivity index (χ4v) is 4.61. The van der Waals surface area contributed by atoms with E-state index in [0.717, 1.165) is 37.3 Å². The number of likely N-dealkylation sites (N-methyl/N-ethyl adjacent to an activating group) is 1. The van der Waals surface area contributed by atoms with Gasteiger partial charge in [-0.15, -0.1) is 12.4 Å². The van der Waals surface area contributed by atoms with Crippen LogP contribution in [0.4, 0.5) is 5.69 Å². The lowest BCUT2D eigenvalue weighted by Gasteiger charge is -2.35. The van der Waals surface area contributed by atoms with E-state index in [1.807, 2.05) is 29.2 Å². The van der Waals surface area contributed by atoms with Crippen molar-refractivity contribution in [2.24, 2.45) is 0 Å². The molecule has 0 radical (unpaired) electrons. The molecule has 0 saturated carbocycles. The van der Waals surface area contributed by atoms with E-state index < -0.39 is 0 Å². The highest BCUT2D eigenvalue weighted by molar-refractivity contribution is 6.35. The number of hydrogen-bond donors (Lipinski definition) is 0. The minimum atomic E-state index is 0.